The fraction of sp³-hybridized carbons (Fsp3) is 0.633. The lowest BCUT2D eigenvalue weighted by atomic mass is 9.89. The molecule has 4 rings (SSSR count). The summed E-state index contributed by atoms with van der Waals surface area (Å²) in [7, 11) is -0.907. The van der Waals surface area contributed by atoms with Crippen LogP contribution in [0.5, 0.6) is 5.75 Å². The molecular weight excluding hydrogens is 566 g/mol. The van der Waals surface area contributed by atoms with Crippen molar-refractivity contribution in [1.82, 2.24) is 9.47 Å². The Hall–Kier alpha value is -2.99. The number of carbonyl (C=O) groups excluding carboxylic acids is 1. The number of nitrogens with zero attached hydrogens (tertiary/aromatic N) is 2. The molecule has 1 aromatic heterocycles. The topological polar surface area (TPSA) is 107 Å². The Morgan fingerprint density at radius 2 is 1.74 bits per heavy atom. The van der Waals surface area contributed by atoms with Gasteiger partial charge in [0.05, 0.1) is 22.5 Å². The molecule has 1 aromatic carbocycles. The molecule has 0 radical (unpaired) electrons. The first kappa shape index (κ1) is 31.9. The van der Waals surface area contributed by atoms with Gasteiger partial charge in [0.2, 0.25) is 11.2 Å². The first-order valence-corrected chi connectivity index (χ1v) is 15.6. The molecule has 1 aliphatic carbocycles. The van der Waals surface area contributed by atoms with Crippen LogP contribution in [0.3, 0.4) is 0 Å². The van der Waals surface area contributed by atoms with Gasteiger partial charge < -0.3 is 28.5 Å². The lowest BCUT2D eigenvalue weighted by molar-refractivity contribution is 0.0145. The lowest BCUT2D eigenvalue weighted by Gasteiger charge is -2.35. The highest BCUT2D eigenvalue weighted by atomic mass is 28.2. The highest BCUT2D eigenvalue weighted by molar-refractivity contribution is 6.31. The van der Waals surface area contributed by atoms with Gasteiger partial charge in [0.1, 0.15) is 17.8 Å². The largest absolute Gasteiger partial charge is 0.486 e. The van der Waals surface area contributed by atoms with Gasteiger partial charge in [-0.2, -0.15) is 4.39 Å². The number of halogens is 2. The summed E-state index contributed by atoms with van der Waals surface area (Å²) in [6.07, 6.45) is 2.48. The van der Waals surface area contributed by atoms with Crippen LogP contribution in [0.15, 0.2) is 17.1 Å². The van der Waals surface area contributed by atoms with Crippen molar-refractivity contribution in [3.63, 3.8) is 0 Å². The molecule has 2 aliphatic rings. The smallest absolute Gasteiger partial charge is 0.410 e. The summed E-state index contributed by atoms with van der Waals surface area (Å²) in [5, 5.41) is 9.35. The number of pyridine rings is 1. The van der Waals surface area contributed by atoms with Crippen LogP contribution < -0.4 is 10.2 Å². The number of carboxylic acids is 1. The zero-order valence-electron chi connectivity index (χ0n) is 25.7. The number of carboxylic acid groups (broad SMARTS) is 1. The van der Waals surface area contributed by atoms with Gasteiger partial charge in [-0.25, -0.2) is 14.0 Å². The van der Waals surface area contributed by atoms with E-state index < -0.39 is 67.4 Å². The standard InChI is InChI=1S/C30H42F2N2O7Si/c1-28(2,3)40-27(38)34-13-16(30(7,8)41-42-29(4,5)6)11-18(34)15-39-25-22(32)21(31)12-19-23(25)33(17-9-10-17)14-20(24(19)35)26(36)37/h12,14,16-18H,9-11,13,15,42H2,1-8H3,(H,36,37)/t16-,18-/m0/s1. The molecule has 0 unspecified atom stereocenters. The van der Waals surface area contributed by atoms with E-state index in [-0.39, 0.29) is 34.5 Å². The van der Waals surface area contributed by atoms with E-state index in [0.717, 1.165) is 6.07 Å². The van der Waals surface area contributed by atoms with Gasteiger partial charge in [-0.1, -0.05) is 20.8 Å². The summed E-state index contributed by atoms with van der Waals surface area (Å²) in [6.45, 7) is 15.8. The second-order valence-corrected chi connectivity index (χ2v) is 16.9. The van der Waals surface area contributed by atoms with Gasteiger partial charge >= 0.3 is 12.1 Å². The molecule has 2 heterocycles. The third-order valence-electron chi connectivity index (χ3n) is 7.66. The fourth-order valence-corrected chi connectivity index (χ4v) is 6.22. The molecule has 232 valence electrons. The number of hydrogen-bond acceptors (Lipinski definition) is 6. The van der Waals surface area contributed by atoms with Crippen molar-refractivity contribution >= 4 is 32.7 Å². The first-order chi connectivity index (χ1) is 19.3. The fourth-order valence-electron chi connectivity index (χ4n) is 5.18. The average Bonchev–Trinajstić information content (AvgIpc) is 3.60. The van der Waals surface area contributed by atoms with Gasteiger partial charge in [0.25, 0.3) is 0 Å². The number of carbonyl (C=O) groups is 2. The third-order valence-corrected chi connectivity index (χ3v) is 9.41. The Morgan fingerprint density at radius 1 is 1.10 bits per heavy atom. The van der Waals surface area contributed by atoms with Crippen molar-refractivity contribution in [1.29, 1.82) is 0 Å². The normalized spacial score (nSPS) is 20.1. The predicted molar refractivity (Wildman–Crippen MR) is 157 cm³/mol. The monoisotopic (exact) mass is 608 g/mol. The highest BCUT2D eigenvalue weighted by Crippen LogP contribution is 2.41. The van der Waals surface area contributed by atoms with Gasteiger partial charge in [0, 0.05) is 24.7 Å². The summed E-state index contributed by atoms with van der Waals surface area (Å²) >= 11 is 0. The van der Waals surface area contributed by atoms with E-state index in [4.69, 9.17) is 13.9 Å². The number of aromatic carboxylic acids is 1. The number of ether oxygens (including phenoxy) is 2. The minimum Gasteiger partial charge on any atom is -0.486 e. The van der Waals surface area contributed by atoms with Crippen LogP contribution in [0, 0.1) is 17.6 Å². The summed E-state index contributed by atoms with van der Waals surface area (Å²) in [6, 6.07) is 0.00143. The summed E-state index contributed by atoms with van der Waals surface area (Å²) in [4.78, 5) is 39.6. The van der Waals surface area contributed by atoms with E-state index in [1.54, 1.807) is 25.7 Å². The number of hydrogen-bond donors (Lipinski definition) is 1. The minimum atomic E-state index is -1.45. The molecule has 1 amide bonds. The summed E-state index contributed by atoms with van der Waals surface area (Å²) in [5.74, 6) is -4.61. The van der Waals surface area contributed by atoms with E-state index in [0.29, 0.717) is 25.8 Å². The van der Waals surface area contributed by atoms with E-state index in [2.05, 4.69) is 20.8 Å². The van der Waals surface area contributed by atoms with Crippen LogP contribution in [0.4, 0.5) is 13.6 Å². The van der Waals surface area contributed by atoms with Gasteiger partial charge in [-0.15, -0.1) is 0 Å². The minimum absolute atomic E-state index is 0.00426. The van der Waals surface area contributed by atoms with E-state index in [1.807, 2.05) is 13.8 Å². The second-order valence-electron chi connectivity index (χ2n) is 14.2. The molecule has 1 saturated heterocycles. The molecule has 1 N–H and O–H groups in total. The number of benzene rings is 1. The SMILES string of the molecule is CC(C)(C)OC(=O)N1C[C@@H](C(C)(C)O[SiH2]C(C)(C)C)C[C@H]1COc1c(F)c(F)cc2c(=O)c(C(=O)O)cn(C3CC3)c12. The zero-order valence-corrected chi connectivity index (χ0v) is 27.1. The van der Waals surface area contributed by atoms with E-state index in [9.17, 15) is 23.9 Å². The maximum atomic E-state index is 15.4. The molecule has 2 atom stereocenters. The number of amides is 1. The maximum Gasteiger partial charge on any atom is 0.410 e. The van der Waals surface area contributed by atoms with E-state index in [1.165, 1.54) is 10.8 Å². The van der Waals surface area contributed by atoms with Crippen LogP contribution in [0.2, 0.25) is 5.04 Å². The van der Waals surface area contributed by atoms with Crippen molar-refractivity contribution in [2.75, 3.05) is 13.2 Å². The molecule has 0 bridgehead atoms. The van der Waals surface area contributed by atoms with Crippen molar-refractivity contribution in [3.05, 3.63) is 39.7 Å². The molecule has 2 fully saturated rings. The Morgan fingerprint density at radius 3 is 2.29 bits per heavy atom. The number of aromatic nitrogens is 1. The van der Waals surface area contributed by atoms with Gasteiger partial charge in [-0.3, -0.25) is 4.79 Å². The van der Waals surface area contributed by atoms with Crippen LogP contribution >= 0.6 is 0 Å². The summed E-state index contributed by atoms with van der Waals surface area (Å²) < 4.78 is 49.7. The van der Waals surface area contributed by atoms with Crippen molar-refractivity contribution in [2.45, 2.75) is 103 Å². The third kappa shape index (κ3) is 6.96. The van der Waals surface area contributed by atoms with Gasteiger partial charge in [-0.05, 0) is 65.0 Å². The molecule has 0 spiro atoms. The summed E-state index contributed by atoms with van der Waals surface area (Å²) in [5.41, 5.74) is -2.74. The predicted octanol–water partition coefficient (Wildman–Crippen LogP) is 5.41. The number of likely N-dealkylation sites (tertiary alicyclic amines) is 1. The molecule has 42 heavy (non-hydrogen) atoms. The van der Waals surface area contributed by atoms with Crippen molar-refractivity contribution in [3.8, 4) is 5.75 Å². The zero-order chi connectivity index (χ0) is 31.4. The maximum absolute atomic E-state index is 15.4. The first-order valence-electron chi connectivity index (χ1n) is 14.4. The molecular formula is C30H42F2N2O7Si. The van der Waals surface area contributed by atoms with Crippen LogP contribution in [-0.4, -0.2) is 66.8 Å². The van der Waals surface area contributed by atoms with Crippen LogP contribution in [0.1, 0.15) is 91.1 Å². The average molecular weight is 609 g/mol. The van der Waals surface area contributed by atoms with Crippen molar-refractivity contribution < 1.29 is 37.4 Å². The highest BCUT2D eigenvalue weighted by Gasteiger charge is 2.45. The quantitative estimate of drug-likeness (QED) is 0.399. The molecule has 9 nitrogen and oxygen atoms in total. The molecule has 12 heteroatoms. The number of rotatable bonds is 8. The van der Waals surface area contributed by atoms with E-state index >= 15 is 4.39 Å². The molecule has 1 aliphatic heterocycles. The Balaban J connectivity index is 1.70. The Kier molecular flexibility index (Phi) is 8.56. The lowest BCUT2D eigenvalue weighted by Crippen LogP contribution is -2.43. The second kappa shape index (κ2) is 11.3. The Bertz CT molecular complexity index is 1440. The Labute approximate surface area is 247 Å². The number of fused-ring (bicyclic) bond motifs is 1. The molecule has 1 saturated carbocycles. The van der Waals surface area contributed by atoms with Crippen LogP contribution in [0.25, 0.3) is 10.9 Å². The van der Waals surface area contributed by atoms with Crippen LogP contribution in [-0.2, 0) is 9.16 Å². The van der Waals surface area contributed by atoms with Gasteiger partial charge in [0.15, 0.2) is 21.3 Å². The molecule has 2 aromatic rings. The van der Waals surface area contributed by atoms with Crippen molar-refractivity contribution in [2.24, 2.45) is 5.92 Å².